The van der Waals surface area contributed by atoms with Gasteiger partial charge in [0.2, 0.25) is 0 Å². The number of nitrogens with zero attached hydrogens (tertiary/aromatic N) is 3. The molecule has 22 heavy (non-hydrogen) atoms. The molecule has 1 N–H and O–H groups in total. The van der Waals surface area contributed by atoms with E-state index in [-0.39, 0.29) is 12.5 Å². The molecule has 0 fully saturated rings. The van der Waals surface area contributed by atoms with Crippen molar-refractivity contribution in [1.29, 1.82) is 0 Å². The summed E-state index contributed by atoms with van der Waals surface area (Å²) in [5, 5.41) is 8.09. The molecule has 1 aromatic carbocycles. The molecule has 1 aromatic heterocycles. The van der Waals surface area contributed by atoms with Crippen molar-refractivity contribution in [3.8, 4) is 5.75 Å². The van der Waals surface area contributed by atoms with E-state index in [1.165, 1.54) is 0 Å². The first-order valence-corrected chi connectivity index (χ1v) is 6.97. The molecular formula is C16H20N4O2. The summed E-state index contributed by atoms with van der Waals surface area (Å²) in [5.74, 6) is 0.372. The fourth-order valence-electron chi connectivity index (χ4n) is 2.12. The highest BCUT2D eigenvalue weighted by atomic mass is 16.5. The van der Waals surface area contributed by atoms with Crippen LogP contribution in [0.4, 0.5) is 0 Å². The summed E-state index contributed by atoms with van der Waals surface area (Å²) in [7, 11) is 1.83. The minimum absolute atomic E-state index is 0.0771. The van der Waals surface area contributed by atoms with Crippen LogP contribution in [0.1, 0.15) is 22.4 Å². The van der Waals surface area contributed by atoms with Gasteiger partial charge in [0, 0.05) is 18.8 Å². The minimum atomic E-state index is -0.308. The van der Waals surface area contributed by atoms with Crippen LogP contribution in [0.5, 0.6) is 5.75 Å². The van der Waals surface area contributed by atoms with Crippen molar-refractivity contribution in [2.24, 2.45) is 12.1 Å². The van der Waals surface area contributed by atoms with E-state index < -0.39 is 0 Å². The summed E-state index contributed by atoms with van der Waals surface area (Å²) in [4.78, 5) is 11.7. The Labute approximate surface area is 129 Å². The number of hydrazone groups is 1. The van der Waals surface area contributed by atoms with Gasteiger partial charge in [0.15, 0.2) is 6.61 Å². The quantitative estimate of drug-likeness (QED) is 0.677. The average molecular weight is 300 g/mol. The van der Waals surface area contributed by atoms with Crippen molar-refractivity contribution in [1.82, 2.24) is 15.2 Å². The lowest BCUT2D eigenvalue weighted by atomic mass is 10.1. The number of hydrogen-bond donors (Lipinski definition) is 1. The molecule has 116 valence electrons. The molecular weight excluding hydrogens is 280 g/mol. The van der Waals surface area contributed by atoms with Crippen LogP contribution in [-0.4, -0.2) is 28.5 Å². The Hall–Kier alpha value is -2.63. The van der Waals surface area contributed by atoms with E-state index in [0.717, 1.165) is 22.4 Å². The second-order valence-corrected chi connectivity index (χ2v) is 5.25. The third kappa shape index (κ3) is 4.44. The topological polar surface area (TPSA) is 68.5 Å². The van der Waals surface area contributed by atoms with Crippen molar-refractivity contribution < 1.29 is 9.53 Å². The van der Waals surface area contributed by atoms with E-state index in [4.69, 9.17) is 4.74 Å². The number of ether oxygens (including phenoxy) is 1. The summed E-state index contributed by atoms with van der Waals surface area (Å²) in [6, 6.07) is 5.83. The van der Waals surface area contributed by atoms with Gasteiger partial charge in [-0.3, -0.25) is 9.48 Å². The number of carbonyl (C=O) groups is 1. The zero-order valence-electron chi connectivity index (χ0n) is 13.3. The summed E-state index contributed by atoms with van der Waals surface area (Å²) in [6.07, 6.45) is 3.40. The van der Waals surface area contributed by atoms with Crippen LogP contribution >= 0.6 is 0 Å². The summed E-state index contributed by atoms with van der Waals surface area (Å²) >= 11 is 0. The van der Waals surface area contributed by atoms with Gasteiger partial charge in [-0.25, -0.2) is 5.43 Å². The molecule has 0 atom stereocenters. The fraction of sp³-hybridized carbons (Fsp3) is 0.312. The molecule has 0 saturated heterocycles. The van der Waals surface area contributed by atoms with E-state index in [9.17, 15) is 4.79 Å². The van der Waals surface area contributed by atoms with Gasteiger partial charge >= 0.3 is 0 Å². The van der Waals surface area contributed by atoms with E-state index in [1.54, 1.807) is 10.9 Å². The summed E-state index contributed by atoms with van der Waals surface area (Å²) in [6.45, 7) is 5.78. The Kier molecular flexibility index (Phi) is 4.93. The van der Waals surface area contributed by atoms with Gasteiger partial charge in [-0.05, 0) is 44.0 Å². The molecule has 0 radical (unpaired) electrons. The number of aryl methyl sites for hydroxylation is 4. The standard InChI is InChI=1S/C16H20N4O2/c1-11-5-12(2)7-15(6-11)22-10-16(21)18-17-8-14-9-20(4)19-13(14)3/h5-9H,10H2,1-4H3,(H,18,21). The predicted molar refractivity (Wildman–Crippen MR) is 85.1 cm³/mol. The molecule has 2 aromatic rings. The van der Waals surface area contributed by atoms with Crippen molar-refractivity contribution in [2.75, 3.05) is 6.61 Å². The molecule has 1 heterocycles. The lowest BCUT2D eigenvalue weighted by molar-refractivity contribution is -0.123. The van der Waals surface area contributed by atoms with Gasteiger partial charge in [-0.2, -0.15) is 10.2 Å². The smallest absolute Gasteiger partial charge is 0.277 e. The van der Waals surface area contributed by atoms with E-state index >= 15 is 0 Å². The molecule has 1 amide bonds. The largest absolute Gasteiger partial charge is 0.484 e. The number of amides is 1. The molecule has 6 heteroatoms. The summed E-state index contributed by atoms with van der Waals surface area (Å²) < 4.78 is 7.15. The van der Waals surface area contributed by atoms with Crippen LogP contribution in [0.3, 0.4) is 0 Å². The van der Waals surface area contributed by atoms with Crippen LogP contribution < -0.4 is 10.2 Å². The lowest BCUT2D eigenvalue weighted by Gasteiger charge is -2.07. The predicted octanol–water partition coefficient (Wildman–Crippen LogP) is 1.87. The highest BCUT2D eigenvalue weighted by molar-refractivity contribution is 5.83. The van der Waals surface area contributed by atoms with E-state index in [1.807, 2.05) is 52.2 Å². The number of rotatable bonds is 5. The average Bonchev–Trinajstić information content (AvgIpc) is 2.74. The Balaban J connectivity index is 1.84. The first kappa shape index (κ1) is 15.8. The zero-order valence-corrected chi connectivity index (χ0v) is 13.3. The Bertz CT molecular complexity index is 684. The van der Waals surface area contributed by atoms with Gasteiger partial charge in [0.25, 0.3) is 5.91 Å². The van der Waals surface area contributed by atoms with Gasteiger partial charge in [-0.1, -0.05) is 6.07 Å². The summed E-state index contributed by atoms with van der Waals surface area (Å²) in [5.41, 5.74) is 6.34. The first-order valence-electron chi connectivity index (χ1n) is 6.97. The molecule has 0 bridgehead atoms. The fourth-order valence-corrected chi connectivity index (χ4v) is 2.12. The monoisotopic (exact) mass is 300 g/mol. The van der Waals surface area contributed by atoms with E-state index in [2.05, 4.69) is 15.6 Å². The van der Waals surface area contributed by atoms with Crippen LogP contribution in [0.2, 0.25) is 0 Å². The molecule has 0 spiro atoms. The van der Waals surface area contributed by atoms with Gasteiger partial charge in [-0.15, -0.1) is 0 Å². The highest BCUT2D eigenvalue weighted by Gasteiger charge is 2.03. The van der Waals surface area contributed by atoms with Crippen LogP contribution in [-0.2, 0) is 11.8 Å². The molecule has 0 aliphatic carbocycles. The number of hydrogen-bond acceptors (Lipinski definition) is 4. The number of nitrogens with one attached hydrogen (secondary N) is 1. The zero-order chi connectivity index (χ0) is 16.1. The maximum absolute atomic E-state index is 11.7. The Morgan fingerprint density at radius 3 is 2.59 bits per heavy atom. The van der Waals surface area contributed by atoms with Crippen molar-refractivity contribution >= 4 is 12.1 Å². The SMILES string of the molecule is Cc1cc(C)cc(OCC(=O)NN=Cc2cn(C)nc2C)c1. The molecule has 0 aliphatic heterocycles. The number of carbonyl (C=O) groups excluding carboxylic acids is 1. The van der Waals surface area contributed by atoms with E-state index in [0.29, 0.717) is 5.75 Å². The van der Waals surface area contributed by atoms with Crippen LogP contribution in [0.15, 0.2) is 29.5 Å². The van der Waals surface area contributed by atoms with Gasteiger partial charge in [0.1, 0.15) is 5.75 Å². The van der Waals surface area contributed by atoms with Crippen LogP contribution in [0, 0.1) is 20.8 Å². The van der Waals surface area contributed by atoms with Crippen molar-refractivity contribution in [3.63, 3.8) is 0 Å². The maximum atomic E-state index is 11.7. The number of aromatic nitrogens is 2. The Morgan fingerprint density at radius 1 is 1.32 bits per heavy atom. The van der Waals surface area contributed by atoms with Gasteiger partial charge < -0.3 is 4.74 Å². The Morgan fingerprint density at radius 2 is 2.00 bits per heavy atom. The van der Waals surface area contributed by atoms with Crippen LogP contribution in [0.25, 0.3) is 0 Å². The normalized spacial score (nSPS) is 10.9. The second-order valence-electron chi connectivity index (χ2n) is 5.25. The third-order valence-corrected chi connectivity index (χ3v) is 3.01. The van der Waals surface area contributed by atoms with Crippen molar-refractivity contribution in [3.05, 3.63) is 46.8 Å². The molecule has 0 aliphatic rings. The molecule has 6 nitrogen and oxygen atoms in total. The molecule has 0 saturated carbocycles. The third-order valence-electron chi connectivity index (χ3n) is 3.01. The van der Waals surface area contributed by atoms with Gasteiger partial charge in [0.05, 0.1) is 11.9 Å². The highest BCUT2D eigenvalue weighted by Crippen LogP contribution is 2.15. The maximum Gasteiger partial charge on any atom is 0.277 e. The number of benzene rings is 1. The minimum Gasteiger partial charge on any atom is -0.484 e. The second kappa shape index (κ2) is 6.89. The lowest BCUT2D eigenvalue weighted by Crippen LogP contribution is -2.24. The molecule has 0 unspecified atom stereocenters. The first-order chi connectivity index (χ1) is 10.4. The molecule has 2 rings (SSSR count). The van der Waals surface area contributed by atoms with Crippen molar-refractivity contribution in [2.45, 2.75) is 20.8 Å².